The van der Waals surface area contributed by atoms with Gasteiger partial charge < -0.3 is 5.32 Å². The molecule has 0 bridgehead atoms. The van der Waals surface area contributed by atoms with Crippen LogP contribution in [-0.2, 0) is 0 Å². The number of rotatable bonds is 2. The van der Waals surface area contributed by atoms with Gasteiger partial charge in [-0.2, -0.15) is 11.8 Å². The van der Waals surface area contributed by atoms with Crippen LogP contribution >= 0.6 is 50.9 Å². The molecule has 0 radical (unpaired) electrons. The van der Waals surface area contributed by atoms with E-state index < -0.39 is 0 Å². The standard InChI is InChI=1S/C11H12BrCl2NS/c1-6-8(4-5-16-6)15-9-3-2-7(12)10(13)11(9)14/h2-3,6,8,15H,4-5H2,1H3. The zero-order chi connectivity index (χ0) is 11.7. The summed E-state index contributed by atoms with van der Waals surface area (Å²) in [5.41, 5.74) is 0.925. The third-order valence-corrected chi connectivity index (χ3v) is 5.85. The number of halogens is 3. The molecule has 2 atom stereocenters. The van der Waals surface area contributed by atoms with Crippen LogP contribution in [0.2, 0.25) is 10.0 Å². The van der Waals surface area contributed by atoms with Crippen LogP contribution in [-0.4, -0.2) is 17.0 Å². The van der Waals surface area contributed by atoms with E-state index in [4.69, 9.17) is 23.2 Å². The van der Waals surface area contributed by atoms with Crippen LogP contribution in [0.25, 0.3) is 0 Å². The van der Waals surface area contributed by atoms with Gasteiger partial charge in [0, 0.05) is 15.8 Å². The average Bonchev–Trinajstić information content (AvgIpc) is 2.65. The van der Waals surface area contributed by atoms with E-state index in [1.807, 2.05) is 23.9 Å². The topological polar surface area (TPSA) is 12.0 Å². The van der Waals surface area contributed by atoms with Gasteiger partial charge in [0.1, 0.15) is 0 Å². The van der Waals surface area contributed by atoms with Gasteiger partial charge >= 0.3 is 0 Å². The summed E-state index contributed by atoms with van der Waals surface area (Å²) in [5.74, 6) is 1.21. The SMILES string of the molecule is CC1SCCC1Nc1ccc(Br)c(Cl)c1Cl. The monoisotopic (exact) mass is 339 g/mol. The quantitative estimate of drug-likeness (QED) is 0.755. The number of anilines is 1. The molecule has 1 nitrogen and oxygen atoms in total. The fourth-order valence-electron chi connectivity index (χ4n) is 1.76. The van der Waals surface area contributed by atoms with Gasteiger partial charge in [0.25, 0.3) is 0 Å². The molecule has 1 N–H and O–H groups in total. The Labute approximate surface area is 118 Å². The predicted molar refractivity (Wildman–Crippen MR) is 78.1 cm³/mol. The van der Waals surface area contributed by atoms with Gasteiger partial charge in [0.05, 0.1) is 15.7 Å². The van der Waals surface area contributed by atoms with E-state index in [0.717, 1.165) is 10.2 Å². The zero-order valence-electron chi connectivity index (χ0n) is 8.77. The van der Waals surface area contributed by atoms with Crippen LogP contribution in [0.4, 0.5) is 5.69 Å². The van der Waals surface area contributed by atoms with Gasteiger partial charge in [-0.05, 0) is 40.2 Å². The molecule has 16 heavy (non-hydrogen) atoms. The minimum atomic E-state index is 0.486. The number of nitrogens with one attached hydrogen (secondary N) is 1. The minimum Gasteiger partial charge on any atom is -0.380 e. The third-order valence-electron chi connectivity index (χ3n) is 2.75. The maximum absolute atomic E-state index is 6.19. The Bertz CT molecular complexity index is 400. The fourth-order valence-corrected chi connectivity index (χ4v) is 3.79. The van der Waals surface area contributed by atoms with Gasteiger partial charge in [-0.1, -0.05) is 30.1 Å². The second kappa shape index (κ2) is 5.38. The Morgan fingerprint density at radius 2 is 2.12 bits per heavy atom. The van der Waals surface area contributed by atoms with E-state index in [2.05, 4.69) is 28.2 Å². The van der Waals surface area contributed by atoms with Crippen molar-refractivity contribution < 1.29 is 0 Å². The molecule has 2 rings (SSSR count). The van der Waals surface area contributed by atoms with E-state index in [-0.39, 0.29) is 0 Å². The van der Waals surface area contributed by atoms with Crippen molar-refractivity contribution in [3.05, 3.63) is 26.7 Å². The fraction of sp³-hybridized carbons (Fsp3) is 0.455. The van der Waals surface area contributed by atoms with Crippen molar-refractivity contribution in [1.29, 1.82) is 0 Å². The summed E-state index contributed by atoms with van der Waals surface area (Å²) in [7, 11) is 0. The maximum atomic E-state index is 6.19. The molecule has 0 aliphatic carbocycles. The van der Waals surface area contributed by atoms with Crippen LogP contribution in [0.1, 0.15) is 13.3 Å². The van der Waals surface area contributed by atoms with Crippen molar-refractivity contribution in [3.63, 3.8) is 0 Å². The van der Waals surface area contributed by atoms with Crippen LogP contribution in [0.3, 0.4) is 0 Å². The second-order valence-electron chi connectivity index (χ2n) is 3.84. The van der Waals surface area contributed by atoms with Gasteiger partial charge in [-0.25, -0.2) is 0 Å². The van der Waals surface area contributed by atoms with Crippen LogP contribution < -0.4 is 5.32 Å². The van der Waals surface area contributed by atoms with E-state index >= 15 is 0 Å². The summed E-state index contributed by atoms with van der Waals surface area (Å²) in [6.45, 7) is 2.24. The molecule has 88 valence electrons. The van der Waals surface area contributed by atoms with Crippen molar-refractivity contribution in [2.24, 2.45) is 0 Å². The molecular weight excluding hydrogens is 329 g/mol. The molecule has 1 fully saturated rings. The lowest BCUT2D eigenvalue weighted by atomic mass is 10.1. The summed E-state index contributed by atoms with van der Waals surface area (Å²) in [5, 5.41) is 5.26. The third kappa shape index (κ3) is 2.63. The molecule has 0 amide bonds. The molecule has 1 aliphatic rings. The maximum Gasteiger partial charge on any atom is 0.0835 e. The number of thioether (sulfide) groups is 1. The molecule has 1 heterocycles. The summed E-state index contributed by atoms with van der Waals surface area (Å²) in [6.07, 6.45) is 1.18. The molecule has 1 aromatic rings. The molecule has 5 heteroatoms. The lowest BCUT2D eigenvalue weighted by Crippen LogP contribution is -2.24. The van der Waals surface area contributed by atoms with Crippen LogP contribution in [0.5, 0.6) is 0 Å². The first-order chi connectivity index (χ1) is 7.59. The van der Waals surface area contributed by atoms with Gasteiger partial charge in [-0.3, -0.25) is 0 Å². The van der Waals surface area contributed by atoms with Crippen LogP contribution in [0, 0.1) is 0 Å². The zero-order valence-corrected chi connectivity index (χ0v) is 12.7. The van der Waals surface area contributed by atoms with E-state index in [0.29, 0.717) is 21.3 Å². The Kier molecular flexibility index (Phi) is 4.33. The van der Waals surface area contributed by atoms with Gasteiger partial charge in [-0.15, -0.1) is 0 Å². The van der Waals surface area contributed by atoms with E-state index in [1.54, 1.807) is 0 Å². The lowest BCUT2D eigenvalue weighted by Gasteiger charge is -2.19. The molecule has 0 saturated carbocycles. The molecule has 2 unspecified atom stereocenters. The number of benzene rings is 1. The highest BCUT2D eigenvalue weighted by Crippen LogP contribution is 2.38. The highest BCUT2D eigenvalue weighted by atomic mass is 79.9. The summed E-state index contributed by atoms with van der Waals surface area (Å²) >= 11 is 17.6. The predicted octanol–water partition coefficient (Wildman–Crippen LogP) is 5.06. The first-order valence-electron chi connectivity index (χ1n) is 5.11. The summed E-state index contributed by atoms with van der Waals surface area (Å²) in [6, 6.07) is 4.37. The van der Waals surface area contributed by atoms with Crippen LogP contribution in [0.15, 0.2) is 16.6 Å². The molecule has 0 aromatic heterocycles. The summed E-state index contributed by atoms with van der Waals surface area (Å²) in [4.78, 5) is 0. The molecule has 1 aliphatic heterocycles. The van der Waals surface area contributed by atoms with Gasteiger partial charge in [0.15, 0.2) is 0 Å². The first-order valence-corrected chi connectivity index (χ1v) is 7.71. The first kappa shape index (κ1) is 12.9. The molecule has 1 aromatic carbocycles. The van der Waals surface area contributed by atoms with Crippen molar-refractivity contribution in [3.8, 4) is 0 Å². The number of hydrogen-bond acceptors (Lipinski definition) is 2. The van der Waals surface area contributed by atoms with Crippen molar-refractivity contribution >= 4 is 56.6 Å². The Hall–Kier alpha value is 0.430. The average molecular weight is 341 g/mol. The highest BCUT2D eigenvalue weighted by Gasteiger charge is 2.24. The van der Waals surface area contributed by atoms with Crippen molar-refractivity contribution in [2.75, 3.05) is 11.1 Å². The Balaban J connectivity index is 2.18. The summed E-state index contributed by atoms with van der Waals surface area (Å²) < 4.78 is 0.832. The molecule has 1 saturated heterocycles. The van der Waals surface area contributed by atoms with Crippen molar-refractivity contribution in [1.82, 2.24) is 0 Å². The number of hydrogen-bond donors (Lipinski definition) is 1. The van der Waals surface area contributed by atoms with E-state index in [9.17, 15) is 0 Å². The highest BCUT2D eigenvalue weighted by molar-refractivity contribution is 9.10. The van der Waals surface area contributed by atoms with E-state index in [1.165, 1.54) is 12.2 Å². The minimum absolute atomic E-state index is 0.486. The largest absolute Gasteiger partial charge is 0.380 e. The van der Waals surface area contributed by atoms with Crippen molar-refractivity contribution in [2.45, 2.75) is 24.6 Å². The Morgan fingerprint density at radius 1 is 1.38 bits per heavy atom. The second-order valence-corrected chi connectivity index (χ2v) is 6.93. The van der Waals surface area contributed by atoms with Gasteiger partial charge in [0.2, 0.25) is 0 Å². The Morgan fingerprint density at radius 3 is 2.75 bits per heavy atom. The smallest absolute Gasteiger partial charge is 0.0835 e. The molecule has 0 spiro atoms. The normalized spacial score (nSPS) is 24.8. The lowest BCUT2D eigenvalue weighted by molar-refractivity contribution is 0.724. The molecular formula is C11H12BrCl2NS.